The van der Waals surface area contributed by atoms with Crippen LogP contribution in [0, 0.1) is 0 Å². The number of benzene rings is 2. The molecule has 27 heavy (non-hydrogen) atoms. The highest BCUT2D eigenvalue weighted by atomic mass is 35.5. The summed E-state index contributed by atoms with van der Waals surface area (Å²) in [7, 11) is -3.47. The number of carbonyl (C=O) groups excluding carboxylic acids is 1. The first-order valence-electron chi connectivity index (χ1n) is 9.08. The molecular weight excluding hydrogens is 384 g/mol. The third kappa shape index (κ3) is 5.54. The number of rotatable bonds is 6. The Morgan fingerprint density at radius 2 is 1.63 bits per heavy atom. The molecule has 0 unspecified atom stereocenters. The molecule has 0 bridgehead atoms. The van der Waals surface area contributed by atoms with Crippen molar-refractivity contribution >= 4 is 27.3 Å². The van der Waals surface area contributed by atoms with Gasteiger partial charge in [0.1, 0.15) is 6.54 Å². The zero-order valence-corrected chi connectivity index (χ0v) is 16.7. The van der Waals surface area contributed by atoms with Crippen molar-refractivity contribution in [1.29, 1.82) is 0 Å². The topological polar surface area (TPSA) is 58.9 Å². The summed E-state index contributed by atoms with van der Waals surface area (Å²) in [5, 5.41) is 0.487. The highest BCUT2D eigenvalue weighted by Crippen LogP contribution is 2.16. The number of halogens is 1. The van der Waals surface area contributed by atoms with Crippen molar-refractivity contribution in [1.82, 2.24) is 4.90 Å². The number of sulfone groups is 1. The number of hydrogen-bond acceptors (Lipinski definition) is 3. The van der Waals surface area contributed by atoms with E-state index in [1.165, 1.54) is 22.6 Å². The molecule has 1 saturated heterocycles. The molecule has 0 aliphatic carbocycles. The van der Waals surface area contributed by atoms with Gasteiger partial charge in [-0.3, -0.25) is 4.79 Å². The molecule has 0 spiro atoms. The summed E-state index contributed by atoms with van der Waals surface area (Å²) in [5.74, 6) is -0.267. The van der Waals surface area contributed by atoms with E-state index in [9.17, 15) is 13.2 Å². The van der Waals surface area contributed by atoms with Crippen LogP contribution in [0.4, 0.5) is 0 Å². The Bertz CT molecular complexity index is 862. The van der Waals surface area contributed by atoms with Crippen LogP contribution in [0.15, 0.2) is 59.5 Å². The molecule has 5 nitrogen and oxygen atoms in total. The smallest absolute Gasteiger partial charge is 0.224 e. The standard InChI is InChI=1S/C20H23ClN2O3S/c21-18-6-8-19(9-7-18)27(25,26)15-10-20(24)23-13-11-22(12-14-23)16-17-4-2-1-3-5-17/h1-9H,10-16H2/p+1. The summed E-state index contributed by atoms with van der Waals surface area (Å²) in [4.78, 5) is 15.9. The van der Waals surface area contributed by atoms with E-state index in [2.05, 4.69) is 12.1 Å². The van der Waals surface area contributed by atoms with Crippen molar-refractivity contribution in [3.05, 3.63) is 65.2 Å². The molecule has 1 amide bonds. The lowest BCUT2D eigenvalue weighted by molar-refractivity contribution is -0.917. The van der Waals surface area contributed by atoms with Crippen molar-refractivity contribution in [3.8, 4) is 0 Å². The first-order valence-corrected chi connectivity index (χ1v) is 11.1. The van der Waals surface area contributed by atoms with Crippen molar-refractivity contribution in [2.24, 2.45) is 0 Å². The van der Waals surface area contributed by atoms with Crippen LogP contribution in [-0.4, -0.2) is 51.2 Å². The van der Waals surface area contributed by atoms with Crippen LogP contribution in [0.3, 0.4) is 0 Å². The van der Waals surface area contributed by atoms with Gasteiger partial charge in [-0.1, -0.05) is 41.9 Å². The molecule has 1 aliphatic rings. The van der Waals surface area contributed by atoms with Crippen LogP contribution in [0.25, 0.3) is 0 Å². The van der Waals surface area contributed by atoms with Gasteiger partial charge < -0.3 is 9.80 Å². The summed E-state index contributed by atoms with van der Waals surface area (Å²) in [6.07, 6.45) is 0.0129. The first-order chi connectivity index (χ1) is 12.9. The summed E-state index contributed by atoms with van der Waals surface area (Å²) in [6.45, 7) is 4.05. The van der Waals surface area contributed by atoms with Gasteiger partial charge in [0.2, 0.25) is 5.91 Å². The minimum atomic E-state index is -3.47. The van der Waals surface area contributed by atoms with Crippen molar-refractivity contribution in [2.45, 2.75) is 17.9 Å². The molecule has 1 N–H and O–H groups in total. The minimum absolute atomic E-state index is 0.0129. The van der Waals surface area contributed by atoms with E-state index in [1.54, 1.807) is 17.0 Å². The molecule has 144 valence electrons. The van der Waals surface area contributed by atoms with Gasteiger partial charge in [-0.25, -0.2) is 8.42 Å². The number of nitrogens with zero attached hydrogens (tertiary/aromatic N) is 1. The van der Waals surface area contributed by atoms with Crippen molar-refractivity contribution < 1.29 is 18.1 Å². The summed E-state index contributed by atoms with van der Waals surface area (Å²) < 4.78 is 24.7. The predicted molar refractivity (Wildman–Crippen MR) is 106 cm³/mol. The molecule has 7 heteroatoms. The Labute approximate surface area is 165 Å². The van der Waals surface area contributed by atoms with E-state index in [-0.39, 0.29) is 23.0 Å². The van der Waals surface area contributed by atoms with E-state index in [1.807, 2.05) is 18.2 Å². The Morgan fingerprint density at radius 3 is 2.26 bits per heavy atom. The lowest BCUT2D eigenvalue weighted by Crippen LogP contribution is -3.13. The molecule has 1 heterocycles. The molecule has 0 radical (unpaired) electrons. The maximum absolute atomic E-state index is 12.4. The molecule has 2 aromatic carbocycles. The Hall–Kier alpha value is -1.89. The fourth-order valence-electron chi connectivity index (χ4n) is 3.27. The zero-order valence-electron chi connectivity index (χ0n) is 15.1. The molecule has 0 aromatic heterocycles. The Balaban J connectivity index is 1.47. The van der Waals surface area contributed by atoms with E-state index < -0.39 is 9.84 Å². The molecule has 0 atom stereocenters. The maximum Gasteiger partial charge on any atom is 0.224 e. The molecule has 3 rings (SSSR count). The maximum atomic E-state index is 12.4. The first kappa shape index (κ1) is 19.9. The van der Waals surface area contributed by atoms with Crippen molar-refractivity contribution in [2.75, 3.05) is 31.9 Å². The lowest BCUT2D eigenvalue weighted by Gasteiger charge is -2.32. The van der Waals surface area contributed by atoms with Crippen LogP contribution in [-0.2, 0) is 21.2 Å². The number of hydrogen-bond donors (Lipinski definition) is 1. The monoisotopic (exact) mass is 407 g/mol. The normalized spacial score (nSPS) is 15.7. The van der Waals surface area contributed by atoms with Crippen LogP contribution < -0.4 is 4.90 Å². The number of piperazine rings is 1. The van der Waals surface area contributed by atoms with Crippen LogP contribution in [0.2, 0.25) is 5.02 Å². The highest BCUT2D eigenvalue weighted by molar-refractivity contribution is 7.91. The SMILES string of the molecule is O=C(CCS(=O)(=O)c1ccc(Cl)cc1)N1CC[NH+](Cc2ccccc2)CC1. The average molecular weight is 408 g/mol. The average Bonchev–Trinajstić information content (AvgIpc) is 2.68. The van der Waals surface area contributed by atoms with E-state index >= 15 is 0 Å². The van der Waals surface area contributed by atoms with Crippen LogP contribution >= 0.6 is 11.6 Å². The van der Waals surface area contributed by atoms with Gasteiger partial charge in [0.25, 0.3) is 0 Å². The van der Waals surface area contributed by atoms with Gasteiger partial charge in [0.05, 0.1) is 36.8 Å². The van der Waals surface area contributed by atoms with Crippen LogP contribution in [0.5, 0.6) is 0 Å². The van der Waals surface area contributed by atoms with Gasteiger partial charge in [-0.2, -0.15) is 0 Å². The lowest BCUT2D eigenvalue weighted by atomic mass is 10.2. The van der Waals surface area contributed by atoms with Crippen LogP contribution in [0.1, 0.15) is 12.0 Å². The second-order valence-corrected chi connectivity index (χ2v) is 9.36. The third-order valence-electron chi connectivity index (χ3n) is 4.88. The van der Waals surface area contributed by atoms with Gasteiger partial charge in [-0.05, 0) is 24.3 Å². The van der Waals surface area contributed by atoms with E-state index in [4.69, 9.17) is 11.6 Å². The number of amides is 1. The van der Waals surface area contributed by atoms with E-state index in [0.717, 1.165) is 19.6 Å². The summed E-state index contributed by atoms with van der Waals surface area (Å²) in [6, 6.07) is 16.4. The molecule has 0 saturated carbocycles. The number of nitrogens with one attached hydrogen (secondary N) is 1. The van der Waals surface area contributed by atoms with Gasteiger partial charge in [0.15, 0.2) is 9.84 Å². The number of carbonyl (C=O) groups is 1. The van der Waals surface area contributed by atoms with Gasteiger partial charge in [0, 0.05) is 17.0 Å². The quantitative estimate of drug-likeness (QED) is 0.788. The Morgan fingerprint density at radius 1 is 1.00 bits per heavy atom. The summed E-state index contributed by atoms with van der Waals surface area (Å²) in [5.41, 5.74) is 1.29. The Kier molecular flexibility index (Phi) is 6.52. The van der Waals surface area contributed by atoms with Gasteiger partial charge in [-0.15, -0.1) is 0 Å². The third-order valence-corrected chi connectivity index (χ3v) is 6.86. The molecule has 1 fully saturated rings. The highest BCUT2D eigenvalue weighted by Gasteiger charge is 2.25. The largest absolute Gasteiger partial charge is 0.331 e. The zero-order chi connectivity index (χ0) is 19.3. The summed E-state index contributed by atoms with van der Waals surface area (Å²) >= 11 is 5.80. The fraction of sp³-hybridized carbons (Fsp3) is 0.350. The molecular formula is C20H24ClN2O3S+. The van der Waals surface area contributed by atoms with Crippen molar-refractivity contribution in [3.63, 3.8) is 0 Å². The second kappa shape index (κ2) is 8.87. The molecule has 1 aliphatic heterocycles. The number of quaternary nitrogens is 1. The van der Waals surface area contributed by atoms with Gasteiger partial charge >= 0.3 is 0 Å². The van der Waals surface area contributed by atoms with E-state index in [0.29, 0.717) is 18.1 Å². The molecule has 2 aromatic rings. The second-order valence-electron chi connectivity index (χ2n) is 6.82. The predicted octanol–water partition coefficient (Wildman–Crippen LogP) is 1.43. The minimum Gasteiger partial charge on any atom is -0.331 e. The fourth-order valence-corrected chi connectivity index (χ4v) is 4.63.